The van der Waals surface area contributed by atoms with Gasteiger partial charge in [0.15, 0.2) is 8.68 Å². The third-order valence-corrected chi connectivity index (χ3v) is 6.50. The van der Waals surface area contributed by atoms with Gasteiger partial charge in [-0.05, 0) is 0 Å². The van der Waals surface area contributed by atoms with Crippen molar-refractivity contribution >= 4 is 58.7 Å². The van der Waals surface area contributed by atoms with Gasteiger partial charge in [-0.3, -0.25) is 19.4 Å². The molecule has 1 aromatic rings. The Hall–Kier alpha value is -1.86. The van der Waals surface area contributed by atoms with Crippen LogP contribution in [-0.4, -0.2) is 81.6 Å². The normalized spacial score (nSPS) is 17.0. The highest BCUT2D eigenvalue weighted by Gasteiger charge is 2.27. The molecule has 0 aromatic carbocycles. The lowest BCUT2D eigenvalue weighted by Crippen LogP contribution is -2.35. The molecule has 0 bridgehead atoms. The molecule has 2 saturated heterocycles. The SMILES string of the molecule is O=C(CSc1nnc(SCC(=O)N2CCNC2=O)s1)N1CCNC1=O. The third-order valence-electron chi connectivity index (χ3n) is 3.34. The van der Waals surface area contributed by atoms with Crippen molar-refractivity contribution in [2.24, 2.45) is 0 Å². The van der Waals surface area contributed by atoms with Gasteiger partial charge in [0.2, 0.25) is 11.8 Å². The van der Waals surface area contributed by atoms with E-state index in [1.165, 1.54) is 44.7 Å². The lowest BCUT2D eigenvalue weighted by atomic mass is 10.5. The molecule has 2 N–H and O–H groups in total. The number of aromatic nitrogens is 2. The summed E-state index contributed by atoms with van der Waals surface area (Å²) in [7, 11) is 0. The molecule has 1 aromatic heterocycles. The Morgan fingerprint density at radius 1 is 0.920 bits per heavy atom. The molecule has 3 heterocycles. The molecule has 2 fully saturated rings. The van der Waals surface area contributed by atoms with Crippen molar-refractivity contribution in [3.63, 3.8) is 0 Å². The van der Waals surface area contributed by atoms with Crippen LogP contribution in [0.25, 0.3) is 0 Å². The molecule has 0 spiro atoms. The fraction of sp³-hybridized carbons (Fsp3) is 0.500. The molecule has 13 heteroatoms. The first-order valence-corrected chi connectivity index (χ1v) is 10.1. The second kappa shape index (κ2) is 8.01. The van der Waals surface area contributed by atoms with Crippen molar-refractivity contribution in [2.75, 3.05) is 37.7 Å². The van der Waals surface area contributed by atoms with Gasteiger partial charge in [-0.2, -0.15) is 0 Å². The molecule has 0 radical (unpaired) electrons. The van der Waals surface area contributed by atoms with Crippen molar-refractivity contribution in [3.05, 3.63) is 0 Å². The molecule has 0 aliphatic carbocycles. The number of urea groups is 2. The molecule has 6 amide bonds. The molecule has 134 valence electrons. The summed E-state index contributed by atoms with van der Waals surface area (Å²) in [4.78, 5) is 49.0. The average molecular weight is 402 g/mol. The molecule has 2 aliphatic heterocycles. The fourth-order valence-electron chi connectivity index (χ4n) is 2.14. The topological polar surface area (TPSA) is 125 Å². The summed E-state index contributed by atoms with van der Waals surface area (Å²) < 4.78 is 1.17. The number of nitrogens with zero attached hydrogens (tertiary/aromatic N) is 4. The van der Waals surface area contributed by atoms with Crippen LogP contribution in [0.15, 0.2) is 8.68 Å². The molecule has 2 aliphatic rings. The van der Waals surface area contributed by atoms with Gasteiger partial charge in [0.05, 0.1) is 11.5 Å². The maximum absolute atomic E-state index is 11.9. The maximum Gasteiger partial charge on any atom is 0.324 e. The van der Waals surface area contributed by atoms with Crippen molar-refractivity contribution in [3.8, 4) is 0 Å². The van der Waals surface area contributed by atoms with Crippen LogP contribution >= 0.6 is 34.9 Å². The van der Waals surface area contributed by atoms with Crippen molar-refractivity contribution in [1.29, 1.82) is 0 Å². The molecular formula is C12H14N6O4S3. The number of hydrogen-bond acceptors (Lipinski definition) is 9. The third kappa shape index (κ3) is 4.41. The Morgan fingerprint density at radius 2 is 1.36 bits per heavy atom. The zero-order valence-corrected chi connectivity index (χ0v) is 15.3. The Balaban J connectivity index is 1.44. The zero-order valence-electron chi connectivity index (χ0n) is 12.9. The van der Waals surface area contributed by atoms with E-state index in [2.05, 4.69) is 20.8 Å². The first kappa shape index (κ1) is 17.9. The summed E-state index contributed by atoms with van der Waals surface area (Å²) >= 11 is 3.66. The van der Waals surface area contributed by atoms with Crippen LogP contribution in [0.1, 0.15) is 0 Å². The van der Waals surface area contributed by atoms with Gasteiger partial charge >= 0.3 is 12.1 Å². The summed E-state index contributed by atoms with van der Waals surface area (Å²) in [5.41, 5.74) is 0. The van der Waals surface area contributed by atoms with E-state index in [9.17, 15) is 19.2 Å². The van der Waals surface area contributed by atoms with E-state index in [0.717, 1.165) is 0 Å². The standard InChI is InChI=1S/C12H14N6O4S3/c19-7(17-3-1-13-9(17)21)5-23-11-15-16-12(25-11)24-6-8(20)18-4-2-14-10(18)22/h1-6H2,(H,13,21)(H,14,22). The Morgan fingerprint density at radius 3 is 1.72 bits per heavy atom. The monoisotopic (exact) mass is 402 g/mol. The molecule has 0 atom stereocenters. The van der Waals surface area contributed by atoms with E-state index in [-0.39, 0.29) is 35.4 Å². The number of rotatable bonds is 6. The summed E-state index contributed by atoms with van der Waals surface area (Å²) in [5.74, 6) is -0.363. The molecule has 25 heavy (non-hydrogen) atoms. The van der Waals surface area contributed by atoms with Crippen LogP contribution in [0.2, 0.25) is 0 Å². The number of nitrogens with one attached hydrogen (secondary N) is 2. The second-order valence-corrected chi connectivity index (χ2v) is 8.39. The molecule has 10 nitrogen and oxygen atoms in total. The van der Waals surface area contributed by atoms with Crippen molar-refractivity contribution < 1.29 is 19.2 Å². The van der Waals surface area contributed by atoms with Crippen LogP contribution in [0, 0.1) is 0 Å². The van der Waals surface area contributed by atoms with E-state index in [1.54, 1.807) is 0 Å². The quantitative estimate of drug-likeness (QED) is 0.628. The van der Waals surface area contributed by atoms with Crippen molar-refractivity contribution in [1.82, 2.24) is 30.6 Å². The summed E-state index contributed by atoms with van der Waals surface area (Å²) in [6.07, 6.45) is 0. The predicted octanol–water partition coefficient (Wildman–Crippen LogP) is -0.174. The minimum atomic E-state index is -0.372. The minimum absolute atomic E-state index is 0.0968. The highest BCUT2D eigenvalue weighted by Crippen LogP contribution is 2.29. The molecule has 0 saturated carbocycles. The van der Waals surface area contributed by atoms with Gasteiger partial charge in [-0.25, -0.2) is 9.59 Å². The van der Waals surface area contributed by atoms with Gasteiger partial charge in [0.25, 0.3) is 0 Å². The minimum Gasteiger partial charge on any atom is -0.336 e. The van der Waals surface area contributed by atoms with Gasteiger partial charge in [0, 0.05) is 26.2 Å². The summed E-state index contributed by atoms with van der Waals surface area (Å²) in [6, 6.07) is -0.743. The number of carbonyl (C=O) groups excluding carboxylic acids is 4. The van der Waals surface area contributed by atoms with Crippen LogP contribution < -0.4 is 10.6 Å². The van der Waals surface area contributed by atoms with Gasteiger partial charge in [-0.1, -0.05) is 34.9 Å². The largest absolute Gasteiger partial charge is 0.336 e. The Kier molecular flexibility index (Phi) is 5.75. The van der Waals surface area contributed by atoms with Crippen LogP contribution in [-0.2, 0) is 9.59 Å². The van der Waals surface area contributed by atoms with Crippen LogP contribution in [0.4, 0.5) is 9.59 Å². The number of imide groups is 2. The predicted molar refractivity (Wildman–Crippen MR) is 91.6 cm³/mol. The van der Waals surface area contributed by atoms with Crippen LogP contribution in [0.5, 0.6) is 0 Å². The Bertz CT molecular complexity index is 654. The highest BCUT2D eigenvalue weighted by molar-refractivity contribution is 8.03. The molecular weight excluding hydrogens is 388 g/mol. The zero-order chi connectivity index (χ0) is 17.8. The lowest BCUT2D eigenvalue weighted by Gasteiger charge is -2.10. The molecule has 0 unspecified atom stereocenters. The van der Waals surface area contributed by atoms with Crippen molar-refractivity contribution in [2.45, 2.75) is 8.68 Å². The van der Waals surface area contributed by atoms with E-state index in [1.807, 2.05) is 0 Å². The van der Waals surface area contributed by atoms with E-state index >= 15 is 0 Å². The first-order valence-electron chi connectivity index (χ1n) is 7.30. The smallest absolute Gasteiger partial charge is 0.324 e. The van der Waals surface area contributed by atoms with E-state index < -0.39 is 0 Å². The van der Waals surface area contributed by atoms with E-state index in [0.29, 0.717) is 34.9 Å². The Labute approximate surface area is 155 Å². The van der Waals surface area contributed by atoms with Gasteiger partial charge in [0.1, 0.15) is 0 Å². The number of carbonyl (C=O) groups is 4. The van der Waals surface area contributed by atoms with Gasteiger partial charge < -0.3 is 10.6 Å². The first-order chi connectivity index (χ1) is 12.0. The number of hydrogen-bond donors (Lipinski definition) is 2. The van der Waals surface area contributed by atoms with Gasteiger partial charge in [-0.15, -0.1) is 10.2 Å². The summed E-state index contributed by atoms with van der Waals surface area (Å²) in [6.45, 7) is 1.69. The average Bonchev–Trinajstić information content (AvgIpc) is 3.31. The number of amides is 6. The maximum atomic E-state index is 11.9. The van der Waals surface area contributed by atoms with E-state index in [4.69, 9.17) is 0 Å². The summed E-state index contributed by atoms with van der Waals surface area (Å²) in [5, 5.41) is 13.1. The highest BCUT2D eigenvalue weighted by atomic mass is 32.2. The van der Waals surface area contributed by atoms with Crippen LogP contribution in [0.3, 0.4) is 0 Å². The lowest BCUT2D eigenvalue weighted by molar-refractivity contribution is -0.125. The number of thioether (sulfide) groups is 2. The molecule has 3 rings (SSSR count). The fourth-order valence-corrected chi connectivity index (χ4v) is 4.91. The second-order valence-electron chi connectivity index (χ2n) is 4.97.